The number of hydrogen-bond donors (Lipinski definition) is 2. The molecule has 0 aliphatic heterocycles. The Balaban J connectivity index is 1.88. The van der Waals surface area contributed by atoms with Crippen LogP contribution in [0.25, 0.3) is 0 Å². The van der Waals surface area contributed by atoms with Gasteiger partial charge in [-0.2, -0.15) is 0 Å². The summed E-state index contributed by atoms with van der Waals surface area (Å²) in [5, 5.41) is 21.6. The smallest absolute Gasteiger partial charge is 0.0867 e. The van der Waals surface area contributed by atoms with Gasteiger partial charge in [0.1, 0.15) is 0 Å². The van der Waals surface area contributed by atoms with Gasteiger partial charge in [-0.3, -0.25) is 0 Å². The Hall–Kier alpha value is 0.400. The molecular weight excluding hydrogens is 256 g/mol. The van der Waals surface area contributed by atoms with Crippen molar-refractivity contribution in [3.05, 3.63) is 0 Å². The lowest BCUT2D eigenvalue weighted by Crippen LogP contribution is -2.47. The summed E-state index contributed by atoms with van der Waals surface area (Å²) in [6.45, 7) is 1.98. The maximum absolute atomic E-state index is 10.9. The SMILES string of the molecule is C[C@@]1(O)C2C3CC4C5C3C1C(O)(C5Br)C42. The fraction of sp³-hybridized carbons (Fsp3) is 1.00. The number of aliphatic hydroxyl groups is 2. The molecule has 2 N–H and O–H groups in total. The Bertz CT molecular complexity index is 393. The van der Waals surface area contributed by atoms with Crippen LogP contribution in [0.4, 0.5) is 0 Å². The van der Waals surface area contributed by atoms with Crippen molar-refractivity contribution in [2.75, 3.05) is 0 Å². The van der Waals surface area contributed by atoms with Crippen molar-refractivity contribution < 1.29 is 10.2 Å². The topological polar surface area (TPSA) is 40.5 Å². The Kier molecular flexibility index (Phi) is 1.05. The second-order valence-electron chi connectivity index (χ2n) is 6.76. The van der Waals surface area contributed by atoms with Crippen molar-refractivity contribution in [2.24, 2.45) is 41.4 Å². The van der Waals surface area contributed by atoms with Crippen LogP contribution in [0.3, 0.4) is 0 Å². The van der Waals surface area contributed by atoms with E-state index in [4.69, 9.17) is 0 Å². The van der Waals surface area contributed by atoms with Gasteiger partial charge >= 0.3 is 0 Å². The van der Waals surface area contributed by atoms with Gasteiger partial charge in [0, 0.05) is 10.7 Å². The van der Waals surface area contributed by atoms with Crippen molar-refractivity contribution in [3.8, 4) is 0 Å². The van der Waals surface area contributed by atoms with Gasteiger partial charge in [0.2, 0.25) is 0 Å². The van der Waals surface area contributed by atoms with E-state index in [1.165, 1.54) is 6.42 Å². The lowest BCUT2D eigenvalue weighted by atomic mass is 9.69. The minimum atomic E-state index is -0.583. The predicted molar refractivity (Wildman–Crippen MR) is 57.3 cm³/mol. The van der Waals surface area contributed by atoms with E-state index in [2.05, 4.69) is 15.9 Å². The maximum atomic E-state index is 10.9. The highest BCUT2D eigenvalue weighted by Gasteiger charge is 2.91. The van der Waals surface area contributed by atoms with Gasteiger partial charge in [0.25, 0.3) is 0 Å². The van der Waals surface area contributed by atoms with E-state index >= 15 is 0 Å². The molecule has 6 fully saturated rings. The molecule has 0 saturated heterocycles. The number of rotatable bonds is 0. The van der Waals surface area contributed by atoms with E-state index in [0.717, 1.165) is 5.92 Å². The molecule has 10 atom stereocenters. The zero-order chi connectivity index (χ0) is 10.3. The molecule has 0 heterocycles. The van der Waals surface area contributed by atoms with Crippen LogP contribution < -0.4 is 0 Å². The van der Waals surface area contributed by atoms with Gasteiger partial charge in [-0.05, 0) is 48.9 Å². The first-order chi connectivity index (χ1) is 7.00. The van der Waals surface area contributed by atoms with Gasteiger partial charge in [0.05, 0.1) is 11.2 Å². The molecule has 6 rings (SSSR count). The molecule has 0 spiro atoms. The third-order valence-corrected chi connectivity index (χ3v) is 8.13. The average Bonchev–Trinajstić information content (AvgIpc) is 2.81. The van der Waals surface area contributed by atoms with Crippen LogP contribution in [0.2, 0.25) is 0 Å². The van der Waals surface area contributed by atoms with Gasteiger partial charge in [-0.1, -0.05) is 15.9 Å². The van der Waals surface area contributed by atoms with E-state index < -0.39 is 11.2 Å². The van der Waals surface area contributed by atoms with Crippen molar-refractivity contribution >= 4 is 15.9 Å². The lowest BCUT2D eigenvalue weighted by Gasteiger charge is -2.38. The summed E-state index contributed by atoms with van der Waals surface area (Å²) in [7, 11) is 0. The molecule has 6 saturated carbocycles. The standard InChI is InChI=1S/C12H15BrO2/c1-11(14)7-3-2-4-6-5(3)9(11)12(15,8(4)7)10(6)13/h3-10,14-15H,2H2,1H3/t3?,4?,5?,6?,7?,8?,9?,10?,11-,12?/m1/s1. The van der Waals surface area contributed by atoms with Crippen LogP contribution in [0.5, 0.6) is 0 Å². The first kappa shape index (κ1) is 8.48. The highest BCUT2D eigenvalue weighted by atomic mass is 79.9. The largest absolute Gasteiger partial charge is 0.389 e. The first-order valence-corrected chi connectivity index (χ1v) is 7.01. The van der Waals surface area contributed by atoms with Crippen LogP contribution in [0.15, 0.2) is 0 Å². The van der Waals surface area contributed by atoms with Crippen LogP contribution in [-0.2, 0) is 0 Å². The first-order valence-electron chi connectivity index (χ1n) is 6.09. The second-order valence-corrected chi connectivity index (χ2v) is 7.75. The molecule has 9 unspecified atom stereocenters. The molecule has 82 valence electrons. The third kappa shape index (κ3) is 0.502. The monoisotopic (exact) mass is 270 g/mol. The molecule has 6 bridgehead atoms. The number of halogens is 1. The van der Waals surface area contributed by atoms with Crippen LogP contribution in [0, 0.1) is 41.4 Å². The third-order valence-electron chi connectivity index (χ3n) is 6.79. The predicted octanol–water partition coefficient (Wildman–Crippen LogP) is 1.00. The molecule has 15 heavy (non-hydrogen) atoms. The molecule has 3 heteroatoms. The molecule has 0 aromatic heterocycles. The quantitative estimate of drug-likeness (QED) is 0.645. The maximum Gasteiger partial charge on any atom is 0.0867 e. The number of alkyl halides is 1. The fourth-order valence-corrected chi connectivity index (χ4v) is 8.39. The Morgan fingerprint density at radius 3 is 2.47 bits per heavy atom. The summed E-state index contributed by atoms with van der Waals surface area (Å²) in [6, 6.07) is 0. The van der Waals surface area contributed by atoms with Crippen LogP contribution in [-0.4, -0.2) is 26.2 Å². The van der Waals surface area contributed by atoms with Gasteiger partial charge in [0.15, 0.2) is 0 Å². The molecule has 0 amide bonds. The number of hydrogen-bond acceptors (Lipinski definition) is 2. The molecule has 6 aliphatic rings. The van der Waals surface area contributed by atoms with E-state index in [-0.39, 0.29) is 10.7 Å². The van der Waals surface area contributed by atoms with Crippen LogP contribution >= 0.6 is 15.9 Å². The lowest BCUT2D eigenvalue weighted by molar-refractivity contribution is -0.0700. The van der Waals surface area contributed by atoms with Gasteiger partial charge in [-0.15, -0.1) is 0 Å². The minimum Gasteiger partial charge on any atom is -0.389 e. The Morgan fingerprint density at radius 1 is 1.13 bits per heavy atom. The van der Waals surface area contributed by atoms with E-state index in [9.17, 15) is 10.2 Å². The van der Waals surface area contributed by atoms with Crippen molar-refractivity contribution in [2.45, 2.75) is 29.4 Å². The van der Waals surface area contributed by atoms with Crippen molar-refractivity contribution in [1.82, 2.24) is 0 Å². The summed E-state index contributed by atoms with van der Waals surface area (Å²) in [5.41, 5.74) is -1.15. The summed E-state index contributed by atoms with van der Waals surface area (Å²) in [6.07, 6.45) is 1.28. The Labute approximate surface area is 97.2 Å². The normalized spacial score (nSPS) is 85.6. The Morgan fingerprint density at radius 2 is 1.80 bits per heavy atom. The molecule has 2 nitrogen and oxygen atoms in total. The van der Waals surface area contributed by atoms with E-state index in [1.54, 1.807) is 0 Å². The summed E-state index contributed by atoms with van der Waals surface area (Å²) in [5.74, 6) is 3.70. The fourth-order valence-electron chi connectivity index (χ4n) is 7.06. The summed E-state index contributed by atoms with van der Waals surface area (Å²) in [4.78, 5) is 0.263. The second kappa shape index (κ2) is 1.85. The highest BCUT2D eigenvalue weighted by Crippen LogP contribution is 2.87. The van der Waals surface area contributed by atoms with E-state index in [0.29, 0.717) is 29.6 Å². The molecule has 0 radical (unpaired) electrons. The zero-order valence-electron chi connectivity index (χ0n) is 8.60. The van der Waals surface area contributed by atoms with E-state index in [1.807, 2.05) is 6.92 Å². The molecule has 6 aliphatic carbocycles. The van der Waals surface area contributed by atoms with Crippen molar-refractivity contribution in [1.29, 1.82) is 0 Å². The highest BCUT2D eigenvalue weighted by molar-refractivity contribution is 9.09. The molecule has 0 aromatic rings. The van der Waals surface area contributed by atoms with Crippen LogP contribution in [0.1, 0.15) is 13.3 Å². The molecule has 0 aromatic carbocycles. The van der Waals surface area contributed by atoms with Gasteiger partial charge in [-0.25, -0.2) is 0 Å². The minimum absolute atomic E-state index is 0.165. The van der Waals surface area contributed by atoms with Crippen molar-refractivity contribution in [3.63, 3.8) is 0 Å². The molecular formula is C12H15BrO2. The van der Waals surface area contributed by atoms with Gasteiger partial charge < -0.3 is 10.2 Å². The summed E-state index contributed by atoms with van der Waals surface area (Å²) < 4.78 is 0. The zero-order valence-corrected chi connectivity index (χ0v) is 10.2. The average molecular weight is 271 g/mol. The summed E-state index contributed by atoms with van der Waals surface area (Å²) >= 11 is 3.73.